The van der Waals surface area contributed by atoms with Crippen molar-refractivity contribution < 1.29 is 4.79 Å². The first-order chi connectivity index (χ1) is 12.8. The molecule has 8 saturated carbocycles. The molecule has 8 aliphatic rings. The van der Waals surface area contributed by atoms with Gasteiger partial charge in [0.2, 0.25) is 5.91 Å². The largest absolute Gasteiger partial charge is 0.353 e. The lowest BCUT2D eigenvalue weighted by Crippen LogP contribution is -2.57. The Balaban J connectivity index is 1.15. The molecule has 0 aliphatic heterocycles. The zero-order valence-corrected chi connectivity index (χ0v) is 18.5. The molecule has 2 nitrogen and oxygen atoms in total. The molecular formula is C24H36BrNO. The second-order valence-electron chi connectivity index (χ2n) is 12.4. The summed E-state index contributed by atoms with van der Waals surface area (Å²) in [4.78, 5) is 13.2. The van der Waals surface area contributed by atoms with E-state index in [-0.39, 0.29) is 0 Å². The molecule has 3 heteroatoms. The van der Waals surface area contributed by atoms with Crippen LogP contribution in [0.1, 0.15) is 90.4 Å². The predicted molar refractivity (Wildman–Crippen MR) is 112 cm³/mol. The van der Waals surface area contributed by atoms with Crippen molar-refractivity contribution in [2.45, 2.75) is 101 Å². The fourth-order valence-corrected chi connectivity index (χ4v) is 11.5. The monoisotopic (exact) mass is 433 g/mol. The molecule has 0 aromatic carbocycles. The second kappa shape index (κ2) is 5.76. The number of carbonyl (C=O) groups excluding carboxylic acids is 1. The molecule has 1 amide bonds. The van der Waals surface area contributed by atoms with E-state index in [4.69, 9.17) is 0 Å². The summed E-state index contributed by atoms with van der Waals surface area (Å²) in [6.45, 7) is 2.34. The molecule has 0 unspecified atom stereocenters. The van der Waals surface area contributed by atoms with E-state index in [9.17, 15) is 4.79 Å². The molecule has 0 spiro atoms. The van der Waals surface area contributed by atoms with Crippen LogP contribution in [0.25, 0.3) is 0 Å². The highest BCUT2D eigenvalue weighted by atomic mass is 79.9. The van der Waals surface area contributed by atoms with E-state index >= 15 is 0 Å². The molecule has 0 radical (unpaired) electrons. The third-order valence-corrected chi connectivity index (χ3v) is 11.0. The quantitative estimate of drug-likeness (QED) is 0.554. The van der Waals surface area contributed by atoms with Gasteiger partial charge in [-0.25, -0.2) is 0 Å². The molecule has 27 heavy (non-hydrogen) atoms. The first kappa shape index (κ1) is 17.8. The molecule has 1 N–H and O–H groups in total. The van der Waals surface area contributed by atoms with E-state index < -0.39 is 0 Å². The van der Waals surface area contributed by atoms with E-state index in [1.165, 1.54) is 77.0 Å². The molecule has 3 atom stereocenters. The van der Waals surface area contributed by atoms with Crippen molar-refractivity contribution in [2.24, 2.45) is 40.4 Å². The number of carbonyl (C=O) groups is 1. The van der Waals surface area contributed by atoms with Crippen molar-refractivity contribution >= 4 is 21.8 Å². The summed E-state index contributed by atoms with van der Waals surface area (Å²) >= 11 is 4.11. The van der Waals surface area contributed by atoms with E-state index in [0.717, 1.165) is 36.0 Å². The van der Waals surface area contributed by atoms with Crippen molar-refractivity contribution in [2.75, 3.05) is 0 Å². The van der Waals surface area contributed by atoms with Gasteiger partial charge in [0.25, 0.3) is 0 Å². The summed E-state index contributed by atoms with van der Waals surface area (Å²) in [5.74, 6) is 5.01. The van der Waals surface area contributed by atoms with Crippen LogP contribution in [0.3, 0.4) is 0 Å². The number of alkyl halides is 1. The summed E-state index contributed by atoms with van der Waals surface area (Å²) in [5, 5.41) is 3.57. The van der Waals surface area contributed by atoms with Crippen LogP contribution in [0.4, 0.5) is 0 Å². The first-order valence-corrected chi connectivity index (χ1v) is 12.6. The topological polar surface area (TPSA) is 29.1 Å². The highest BCUT2D eigenvalue weighted by Crippen LogP contribution is 2.66. The van der Waals surface area contributed by atoms with Gasteiger partial charge >= 0.3 is 0 Å². The molecule has 0 heterocycles. The molecule has 0 aromatic rings. The fourth-order valence-electron chi connectivity index (χ4n) is 10.0. The van der Waals surface area contributed by atoms with Crippen LogP contribution in [0.2, 0.25) is 0 Å². The minimum absolute atomic E-state index is 0.304. The Morgan fingerprint density at radius 2 is 1.41 bits per heavy atom. The Morgan fingerprint density at radius 1 is 0.889 bits per heavy atom. The van der Waals surface area contributed by atoms with Crippen LogP contribution >= 0.6 is 15.9 Å². The smallest absolute Gasteiger partial charge is 0.220 e. The van der Waals surface area contributed by atoms with Crippen molar-refractivity contribution in [1.29, 1.82) is 0 Å². The van der Waals surface area contributed by atoms with Gasteiger partial charge in [0.1, 0.15) is 0 Å². The van der Waals surface area contributed by atoms with Gasteiger partial charge in [0.15, 0.2) is 0 Å². The number of hydrogen-bond acceptors (Lipinski definition) is 1. The minimum Gasteiger partial charge on any atom is -0.353 e. The lowest BCUT2D eigenvalue weighted by Gasteiger charge is -2.60. The van der Waals surface area contributed by atoms with E-state index in [1.807, 2.05) is 0 Å². The summed E-state index contributed by atoms with van der Waals surface area (Å²) in [5.41, 5.74) is 0.737. The second-order valence-corrected chi connectivity index (χ2v) is 14.0. The average Bonchev–Trinajstić information content (AvgIpc) is 2.50. The maximum Gasteiger partial charge on any atom is 0.220 e. The Hall–Kier alpha value is -0.0500. The van der Waals surface area contributed by atoms with Gasteiger partial charge in [-0.15, -0.1) is 0 Å². The highest BCUT2D eigenvalue weighted by molar-refractivity contribution is 9.10. The molecule has 8 aliphatic carbocycles. The van der Waals surface area contributed by atoms with Crippen LogP contribution in [0.15, 0.2) is 0 Å². The van der Waals surface area contributed by atoms with Gasteiger partial charge in [-0.3, -0.25) is 4.79 Å². The number of hydrogen-bond donors (Lipinski definition) is 1. The Bertz CT molecular complexity index is 607. The standard InChI is InChI=1S/C24H36BrNO/c1-15(23-8-16-2-17(9-23)4-18(3-16)10-23)26-21(27)13-22-6-19-5-20(7-22)12-24(25,11-19)14-22/h15-20H,2-14H2,1H3,(H,26,27)/t15-,16?,17?,18?,19+,20+,22?,23?,24?/m1/s1. The first-order valence-electron chi connectivity index (χ1n) is 11.8. The predicted octanol–water partition coefficient (Wildman–Crippen LogP) is 5.83. The van der Waals surface area contributed by atoms with Gasteiger partial charge in [0, 0.05) is 16.8 Å². The third-order valence-electron chi connectivity index (χ3n) is 10.0. The van der Waals surface area contributed by atoms with Crippen molar-refractivity contribution in [1.82, 2.24) is 5.32 Å². The summed E-state index contributed by atoms with van der Waals surface area (Å²) < 4.78 is 0.364. The van der Waals surface area contributed by atoms with E-state index in [0.29, 0.717) is 27.1 Å². The summed E-state index contributed by atoms with van der Waals surface area (Å²) in [7, 11) is 0. The van der Waals surface area contributed by atoms with Crippen LogP contribution in [0.5, 0.6) is 0 Å². The van der Waals surface area contributed by atoms with Crippen LogP contribution in [-0.2, 0) is 4.79 Å². The summed E-state index contributed by atoms with van der Waals surface area (Å²) in [6.07, 6.45) is 17.4. The van der Waals surface area contributed by atoms with E-state index in [2.05, 4.69) is 28.2 Å². The lowest BCUT2D eigenvalue weighted by molar-refractivity contribution is -0.132. The summed E-state index contributed by atoms with van der Waals surface area (Å²) in [6, 6.07) is 0.380. The normalized spacial score (nSPS) is 55.7. The zero-order valence-electron chi connectivity index (χ0n) is 16.9. The van der Waals surface area contributed by atoms with Gasteiger partial charge in [0.05, 0.1) is 0 Å². The van der Waals surface area contributed by atoms with Gasteiger partial charge in [-0.2, -0.15) is 0 Å². The van der Waals surface area contributed by atoms with Crippen LogP contribution in [-0.4, -0.2) is 16.3 Å². The molecule has 0 saturated heterocycles. The van der Waals surface area contributed by atoms with Gasteiger partial charge < -0.3 is 5.32 Å². The highest BCUT2D eigenvalue weighted by Gasteiger charge is 2.58. The number of rotatable bonds is 4. The van der Waals surface area contributed by atoms with Crippen molar-refractivity contribution in [3.05, 3.63) is 0 Å². The molecular weight excluding hydrogens is 398 g/mol. The van der Waals surface area contributed by atoms with Crippen molar-refractivity contribution in [3.8, 4) is 0 Å². The van der Waals surface area contributed by atoms with E-state index in [1.54, 1.807) is 0 Å². The maximum absolute atomic E-state index is 13.2. The lowest BCUT2D eigenvalue weighted by atomic mass is 9.47. The number of nitrogens with one attached hydrogen (secondary N) is 1. The zero-order chi connectivity index (χ0) is 18.4. The average molecular weight is 434 g/mol. The third kappa shape index (κ3) is 2.88. The number of halogens is 1. The number of amides is 1. The Labute approximate surface area is 173 Å². The molecule has 0 aromatic heterocycles. The van der Waals surface area contributed by atoms with Crippen LogP contribution < -0.4 is 5.32 Å². The Kier molecular flexibility index (Phi) is 3.79. The molecule has 8 bridgehead atoms. The van der Waals surface area contributed by atoms with Gasteiger partial charge in [-0.1, -0.05) is 15.9 Å². The van der Waals surface area contributed by atoms with Crippen molar-refractivity contribution in [3.63, 3.8) is 0 Å². The molecule has 150 valence electrons. The fraction of sp³-hybridized carbons (Fsp3) is 0.958. The molecule has 8 fully saturated rings. The van der Waals surface area contributed by atoms with Gasteiger partial charge in [-0.05, 0) is 124 Å². The Morgan fingerprint density at radius 3 is 1.93 bits per heavy atom. The van der Waals surface area contributed by atoms with Crippen LogP contribution in [0, 0.1) is 40.4 Å². The SMILES string of the molecule is C[C@@H](NC(=O)CC12C[C@@H]3C[C@H](CC(Br)(C3)C1)C2)C12CC3CC(CC(C3)C1)C2. The minimum atomic E-state index is 0.304. The maximum atomic E-state index is 13.2. The molecule has 8 rings (SSSR count).